The second-order valence-electron chi connectivity index (χ2n) is 11.6. The summed E-state index contributed by atoms with van der Waals surface area (Å²) in [6.07, 6.45) is -1.12. The normalized spacial score (nSPS) is 26.9. The highest BCUT2D eigenvalue weighted by atomic mass is 32.2. The topological polar surface area (TPSA) is 119 Å². The Bertz CT molecular complexity index is 1110. The maximum absolute atomic E-state index is 13.5. The van der Waals surface area contributed by atoms with E-state index in [1.807, 2.05) is 39.8 Å². The van der Waals surface area contributed by atoms with Crippen molar-refractivity contribution < 1.29 is 32.0 Å². The SMILES string of the molecule is CC(C)c1cc(C(C)C)c(S(=O)(=O)OCCC2C(=O)NC3(C(O)C(C)C)C(=O)OC23C)c(C(C)C)c1. The zero-order valence-electron chi connectivity index (χ0n) is 22.8. The third kappa shape index (κ3) is 4.37. The predicted molar refractivity (Wildman–Crippen MR) is 136 cm³/mol. The molecule has 2 N–H and O–H groups in total. The number of fused-ring (bicyclic) bond motifs is 1. The lowest BCUT2D eigenvalue weighted by atomic mass is 9.66. The van der Waals surface area contributed by atoms with Gasteiger partial charge in [0.15, 0.2) is 5.60 Å². The van der Waals surface area contributed by atoms with Crippen LogP contribution in [0.4, 0.5) is 0 Å². The summed E-state index contributed by atoms with van der Waals surface area (Å²) in [6, 6.07) is 3.89. The second kappa shape index (κ2) is 9.72. The minimum absolute atomic E-state index is 0.0134. The Morgan fingerprint density at radius 2 is 1.53 bits per heavy atom. The maximum Gasteiger partial charge on any atom is 0.339 e. The number of rotatable bonds is 10. The fourth-order valence-electron chi connectivity index (χ4n) is 5.47. The van der Waals surface area contributed by atoms with Crippen molar-refractivity contribution in [2.24, 2.45) is 11.8 Å². The van der Waals surface area contributed by atoms with Gasteiger partial charge < -0.3 is 15.2 Å². The summed E-state index contributed by atoms with van der Waals surface area (Å²) in [5.74, 6) is -2.13. The molecule has 2 aliphatic heterocycles. The van der Waals surface area contributed by atoms with E-state index in [1.54, 1.807) is 20.8 Å². The summed E-state index contributed by atoms with van der Waals surface area (Å²) in [4.78, 5) is 25.5. The Hall–Kier alpha value is -1.97. The molecular weight excluding hydrogens is 482 g/mol. The van der Waals surface area contributed by atoms with Gasteiger partial charge in [0.25, 0.3) is 10.1 Å². The van der Waals surface area contributed by atoms with E-state index >= 15 is 0 Å². The number of hydrogen-bond donors (Lipinski definition) is 2. The summed E-state index contributed by atoms with van der Waals surface area (Å²) in [5, 5.41) is 13.4. The first-order valence-corrected chi connectivity index (χ1v) is 14.2. The third-order valence-corrected chi connectivity index (χ3v) is 9.21. The first-order valence-electron chi connectivity index (χ1n) is 12.8. The lowest BCUT2D eigenvalue weighted by molar-refractivity contribution is -0.238. The number of nitrogens with one attached hydrogen (secondary N) is 1. The van der Waals surface area contributed by atoms with Gasteiger partial charge in [-0.1, -0.05) is 67.5 Å². The number of aliphatic hydroxyl groups excluding tert-OH is 1. The lowest BCUT2D eigenvalue weighted by Crippen LogP contribution is -2.79. The Morgan fingerprint density at radius 3 is 1.94 bits per heavy atom. The number of amides is 1. The van der Waals surface area contributed by atoms with Crippen molar-refractivity contribution in [3.8, 4) is 0 Å². The molecule has 0 aromatic heterocycles. The molecule has 0 saturated carbocycles. The minimum Gasteiger partial charge on any atom is -0.453 e. The van der Waals surface area contributed by atoms with Crippen molar-refractivity contribution in [1.82, 2.24) is 5.32 Å². The highest BCUT2D eigenvalue weighted by Gasteiger charge is 2.79. The van der Waals surface area contributed by atoms with Crippen molar-refractivity contribution in [3.05, 3.63) is 28.8 Å². The van der Waals surface area contributed by atoms with Gasteiger partial charge in [-0.05, 0) is 53.7 Å². The molecule has 202 valence electrons. The molecule has 36 heavy (non-hydrogen) atoms. The largest absolute Gasteiger partial charge is 0.453 e. The van der Waals surface area contributed by atoms with Gasteiger partial charge >= 0.3 is 5.97 Å². The first-order chi connectivity index (χ1) is 16.5. The van der Waals surface area contributed by atoms with E-state index in [2.05, 4.69) is 19.2 Å². The van der Waals surface area contributed by atoms with Crippen LogP contribution in [0.3, 0.4) is 0 Å². The van der Waals surface area contributed by atoms with Gasteiger partial charge in [-0.15, -0.1) is 0 Å². The standard InChI is InChI=1S/C27H41NO7S/c1-14(2)18-12-19(15(3)4)22(20(13-18)16(5)6)36(32,33)34-11-10-21-24(30)28-27(23(29)17(7)8)25(31)35-26(21,27)9/h12-17,21,23,29H,10-11H2,1-9H3,(H,28,30). The quantitative estimate of drug-likeness (QED) is 0.352. The van der Waals surface area contributed by atoms with Crippen LogP contribution in [-0.4, -0.2) is 49.3 Å². The Morgan fingerprint density at radius 1 is 1.00 bits per heavy atom. The van der Waals surface area contributed by atoms with Gasteiger partial charge in [-0.3, -0.25) is 8.98 Å². The summed E-state index contributed by atoms with van der Waals surface area (Å²) < 4.78 is 38.0. The number of esters is 1. The molecule has 0 bridgehead atoms. The fraction of sp³-hybridized carbons (Fsp3) is 0.704. The highest BCUT2D eigenvalue weighted by molar-refractivity contribution is 7.86. The molecule has 1 aromatic carbocycles. The number of benzene rings is 1. The van der Waals surface area contributed by atoms with Crippen molar-refractivity contribution in [3.63, 3.8) is 0 Å². The van der Waals surface area contributed by atoms with E-state index < -0.39 is 45.2 Å². The van der Waals surface area contributed by atoms with E-state index in [-0.39, 0.29) is 41.6 Å². The van der Waals surface area contributed by atoms with Gasteiger partial charge in [0.05, 0.1) is 18.6 Å². The van der Waals surface area contributed by atoms with Crippen LogP contribution in [0, 0.1) is 11.8 Å². The molecule has 1 amide bonds. The molecule has 4 unspecified atom stereocenters. The van der Waals surface area contributed by atoms with Crippen molar-refractivity contribution in [2.75, 3.05) is 6.61 Å². The monoisotopic (exact) mass is 523 g/mol. The highest BCUT2D eigenvalue weighted by Crippen LogP contribution is 2.52. The molecule has 0 spiro atoms. The van der Waals surface area contributed by atoms with Crippen molar-refractivity contribution >= 4 is 22.0 Å². The zero-order valence-corrected chi connectivity index (χ0v) is 23.7. The van der Waals surface area contributed by atoms with Crippen LogP contribution in [0.15, 0.2) is 17.0 Å². The van der Waals surface area contributed by atoms with Crippen molar-refractivity contribution in [2.45, 2.75) is 109 Å². The molecule has 3 rings (SSSR count). The summed E-state index contributed by atoms with van der Waals surface area (Å²) in [6.45, 7) is 16.8. The molecule has 2 saturated heterocycles. The first kappa shape index (κ1) is 28.6. The molecule has 0 radical (unpaired) electrons. The molecule has 1 aromatic rings. The maximum atomic E-state index is 13.5. The van der Waals surface area contributed by atoms with Gasteiger partial charge in [-0.2, -0.15) is 8.42 Å². The van der Waals surface area contributed by atoms with Crippen LogP contribution in [0.5, 0.6) is 0 Å². The number of ether oxygens (including phenoxy) is 1. The van der Waals surface area contributed by atoms with Gasteiger partial charge in [0, 0.05) is 0 Å². The molecule has 0 aliphatic carbocycles. The average Bonchev–Trinajstić information content (AvgIpc) is 2.94. The summed E-state index contributed by atoms with van der Waals surface area (Å²) in [5.41, 5.74) is -0.332. The van der Waals surface area contributed by atoms with Gasteiger partial charge in [0.1, 0.15) is 4.90 Å². The minimum atomic E-state index is -4.14. The Balaban J connectivity index is 1.88. The van der Waals surface area contributed by atoms with E-state index in [0.717, 1.165) is 5.56 Å². The second-order valence-corrected chi connectivity index (χ2v) is 13.1. The van der Waals surface area contributed by atoms with E-state index in [4.69, 9.17) is 8.92 Å². The van der Waals surface area contributed by atoms with Crippen LogP contribution >= 0.6 is 0 Å². The van der Waals surface area contributed by atoms with E-state index in [9.17, 15) is 23.1 Å². The summed E-state index contributed by atoms with van der Waals surface area (Å²) in [7, 11) is -4.14. The number of carbonyl (C=O) groups excluding carboxylic acids is 2. The number of hydrogen-bond acceptors (Lipinski definition) is 7. The van der Waals surface area contributed by atoms with Gasteiger partial charge in [-0.25, -0.2) is 4.79 Å². The van der Waals surface area contributed by atoms with E-state index in [1.165, 1.54) is 0 Å². The molecule has 2 fully saturated rings. The van der Waals surface area contributed by atoms with E-state index in [0.29, 0.717) is 11.1 Å². The summed E-state index contributed by atoms with van der Waals surface area (Å²) >= 11 is 0. The van der Waals surface area contributed by atoms with Gasteiger partial charge in [0.2, 0.25) is 11.4 Å². The van der Waals surface area contributed by atoms with Crippen LogP contribution in [0.25, 0.3) is 0 Å². The van der Waals surface area contributed by atoms with Crippen LogP contribution in [0.1, 0.15) is 103 Å². The predicted octanol–water partition coefficient (Wildman–Crippen LogP) is 3.97. The molecule has 4 atom stereocenters. The van der Waals surface area contributed by atoms with Crippen LogP contribution in [0.2, 0.25) is 0 Å². The van der Waals surface area contributed by atoms with Crippen LogP contribution < -0.4 is 5.32 Å². The Kier molecular flexibility index (Phi) is 7.73. The molecule has 8 nitrogen and oxygen atoms in total. The Labute approximate surface area is 215 Å². The smallest absolute Gasteiger partial charge is 0.339 e. The molecular formula is C27H41NO7S. The fourth-order valence-corrected chi connectivity index (χ4v) is 7.07. The lowest BCUT2D eigenvalue weighted by Gasteiger charge is -2.54. The van der Waals surface area contributed by atoms with Crippen molar-refractivity contribution in [1.29, 1.82) is 0 Å². The number of carbonyl (C=O) groups is 2. The van der Waals surface area contributed by atoms with Crippen LogP contribution in [-0.2, 0) is 28.6 Å². The average molecular weight is 524 g/mol. The molecule has 9 heteroatoms. The molecule has 2 heterocycles. The molecule has 2 aliphatic rings. The zero-order chi connectivity index (χ0) is 27.4. The number of aliphatic hydroxyl groups is 1. The third-order valence-electron chi connectivity index (χ3n) is 7.76.